The van der Waals surface area contributed by atoms with Gasteiger partial charge in [0.05, 0.1) is 17.9 Å². The number of carbonyl (C=O) groups is 3. The maximum atomic E-state index is 11.7. The van der Waals surface area contributed by atoms with Crippen LogP contribution < -0.4 is 10.1 Å². The summed E-state index contributed by atoms with van der Waals surface area (Å²) in [6.07, 6.45) is 0.0322. The van der Waals surface area contributed by atoms with Gasteiger partial charge in [-0.1, -0.05) is 12.1 Å². The zero-order valence-corrected chi connectivity index (χ0v) is 21.4. The van der Waals surface area contributed by atoms with Crippen LogP contribution in [0.4, 0.5) is 11.6 Å². The molecule has 0 aliphatic carbocycles. The van der Waals surface area contributed by atoms with Crippen molar-refractivity contribution in [3.63, 3.8) is 0 Å². The number of rotatable bonds is 10. The third-order valence-corrected chi connectivity index (χ3v) is 5.71. The average molecular weight is 543 g/mol. The molecule has 0 unspecified atom stereocenters. The molecule has 4 rings (SSSR count). The van der Waals surface area contributed by atoms with E-state index >= 15 is 0 Å². The van der Waals surface area contributed by atoms with Gasteiger partial charge in [0, 0.05) is 45.7 Å². The minimum atomic E-state index is -0.714. The summed E-state index contributed by atoms with van der Waals surface area (Å²) in [6.45, 7) is 3.90. The van der Waals surface area contributed by atoms with E-state index in [1.165, 1.54) is 39.2 Å². The number of aromatic nitrogens is 4. The van der Waals surface area contributed by atoms with Gasteiger partial charge in [0.15, 0.2) is 11.2 Å². The average Bonchev–Trinajstić information content (AvgIpc) is 3.46. The van der Waals surface area contributed by atoms with E-state index < -0.39 is 41.2 Å². The molecule has 3 atom stereocenters. The van der Waals surface area contributed by atoms with Crippen LogP contribution in [-0.2, 0) is 35.0 Å². The highest BCUT2D eigenvalue weighted by Gasteiger charge is 2.40. The highest BCUT2D eigenvalue weighted by Crippen LogP contribution is 2.34. The molecule has 3 aromatic rings. The Hall–Kier alpha value is -4.66. The summed E-state index contributed by atoms with van der Waals surface area (Å²) in [4.78, 5) is 58.1. The van der Waals surface area contributed by atoms with Crippen LogP contribution in [0.15, 0.2) is 30.6 Å². The van der Waals surface area contributed by atoms with Crippen LogP contribution in [0.3, 0.4) is 0 Å². The van der Waals surface area contributed by atoms with Crippen molar-refractivity contribution in [1.82, 2.24) is 19.5 Å². The predicted octanol–water partition coefficient (Wildman–Crippen LogP) is 2.10. The van der Waals surface area contributed by atoms with Crippen LogP contribution in [0.2, 0.25) is 0 Å². The Morgan fingerprint density at radius 3 is 2.54 bits per heavy atom. The standard InChI is InChI=1S/C24H26N6O9/c1-13(31)26-24-27-22-21(23(28-24)36-9-8-16-4-6-17(7-5-16)30(34)35)25-12-29(22)20-10-18(38-15(3)33)19(39-20)11-37-14(2)32/h4-7,12,18-20H,8-11H2,1-3H3,(H,26,27,28,31)/t18-,19-,20+/m1/s1. The molecule has 2 aromatic heterocycles. The molecule has 1 amide bonds. The molecule has 1 aromatic carbocycles. The van der Waals surface area contributed by atoms with Crippen molar-refractivity contribution in [2.24, 2.45) is 0 Å². The van der Waals surface area contributed by atoms with Gasteiger partial charge in [-0.05, 0) is 5.56 Å². The first-order valence-corrected chi connectivity index (χ1v) is 11.9. The number of ether oxygens (including phenoxy) is 4. The number of nitro groups is 1. The molecule has 3 heterocycles. The van der Waals surface area contributed by atoms with E-state index in [2.05, 4.69) is 20.3 Å². The number of amides is 1. The van der Waals surface area contributed by atoms with E-state index in [0.717, 1.165) is 5.56 Å². The second kappa shape index (κ2) is 11.8. The normalized spacial score (nSPS) is 18.5. The number of carbonyl (C=O) groups excluding carboxylic acids is 3. The summed E-state index contributed by atoms with van der Waals surface area (Å²) < 4.78 is 23.9. The quantitative estimate of drug-likeness (QED) is 0.224. The van der Waals surface area contributed by atoms with Crippen molar-refractivity contribution >= 4 is 40.6 Å². The summed E-state index contributed by atoms with van der Waals surface area (Å²) in [5, 5.41) is 13.4. The molecule has 0 spiro atoms. The monoisotopic (exact) mass is 542 g/mol. The fraction of sp³-hybridized carbons (Fsp3) is 0.417. The van der Waals surface area contributed by atoms with Gasteiger partial charge in [0.25, 0.3) is 5.69 Å². The minimum Gasteiger partial charge on any atom is -0.476 e. The molecule has 1 saturated heterocycles. The second-order valence-corrected chi connectivity index (χ2v) is 8.69. The van der Waals surface area contributed by atoms with Crippen LogP contribution in [0, 0.1) is 10.1 Å². The molecule has 1 aliphatic heterocycles. The van der Waals surface area contributed by atoms with Crippen molar-refractivity contribution in [2.75, 3.05) is 18.5 Å². The first kappa shape index (κ1) is 27.4. The first-order chi connectivity index (χ1) is 18.6. The Morgan fingerprint density at radius 1 is 1.15 bits per heavy atom. The van der Waals surface area contributed by atoms with Gasteiger partial charge in [-0.15, -0.1) is 0 Å². The smallest absolute Gasteiger partial charge is 0.303 e. The van der Waals surface area contributed by atoms with Gasteiger partial charge >= 0.3 is 11.9 Å². The van der Waals surface area contributed by atoms with E-state index in [1.54, 1.807) is 16.7 Å². The van der Waals surface area contributed by atoms with E-state index in [-0.39, 0.29) is 37.2 Å². The molecule has 0 radical (unpaired) electrons. The van der Waals surface area contributed by atoms with Crippen LogP contribution >= 0.6 is 0 Å². The van der Waals surface area contributed by atoms with E-state index in [1.807, 2.05) is 0 Å². The molecule has 39 heavy (non-hydrogen) atoms. The fourth-order valence-corrected chi connectivity index (χ4v) is 4.02. The maximum Gasteiger partial charge on any atom is 0.303 e. The van der Waals surface area contributed by atoms with Crippen molar-refractivity contribution < 1.29 is 38.3 Å². The molecular weight excluding hydrogens is 516 g/mol. The Bertz CT molecular complexity index is 1390. The van der Waals surface area contributed by atoms with Gasteiger partial charge < -0.3 is 18.9 Å². The Morgan fingerprint density at radius 2 is 1.90 bits per heavy atom. The van der Waals surface area contributed by atoms with Crippen LogP contribution in [0.1, 0.15) is 39.0 Å². The van der Waals surface area contributed by atoms with E-state index in [9.17, 15) is 24.5 Å². The number of hydrogen-bond donors (Lipinski definition) is 1. The number of nitrogens with one attached hydrogen (secondary N) is 1. The molecular formula is C24H26N6O9. The number of non-ortho nitro benzene ring substituents is 1. The lowest BCUT2D eigenvalue weighted by Crippen LogP contribution is -2.31. The number of imidazole rings is 1. The highest BCUT2D eigenvalue weighted by atomic mass is 16.6. The maximum absolute atomic E-state index is 11.7. The lowest BCUT2D eigenvalue weighted by Gasteiger charge is -2.17. The molecule has 15 heteroatoms. The van der Waals surface area contributed by atoms with Crippen molar-refractivity contribution in [1.29, 1.82) is 0 Å². The Balaban J connectivity index is 1.57. The molecule has 0 bridgehead atoms. The number of anilines is 1. The number of nitrogens with zero attached hydrogens (tertiary/aromatic N) is 5. The van der Waals surface area contributed by atoms with Crippen molar-refractivity contribution in [2.45, 2.75) is 52.0 Å². The zero-order chi connectivity index (χ0) is 28.1. The number of benzene rings is 1. The number of esters is 2. The van der Waals surface area contributed by atoms with Gasteiger partial charge in [-0.2, -0.15) is 9.97 Å². The zero-order valence-electron chi connectivity index (χ0n) is 21.4. The number of nitro benzene ring substituents is 1. The molecule has 1 fully saturated rings. The minimum absolute atomic E-state index is 0.0113. The molecule has 1 N–H and O–H groups in total. The van der Waals surface area contributed by atoms with Gasteiger partial charge in [-0.3, -0.25) is 34.4 Å². The summed E-state index contributed by atoms with van der Waals surface area (Å²) in [5.74, 6) is -1.32. The third kappa shape index (κ3) is 6.81. The molecule has 206 valence electrons. The summed E-state index contributed by atoms with van der Waals surface area (Å²) in [5.41, 5.74) is 1.39. The van der Waals surface area contributed by atoms with Gasteiger partial charge in [-0.25, -0.2) is 4.98 Å². The Labute approximate surface area is 221 Å². The SMILES string of the molecule is CC(=O)Nc1nc(OCCc2ccc([N+](=O)[O-])cc2)c2ncn([C@@H]3C[C@@H](OC(C)=O)[C@@H](COC(C)=O)O3)c2n1. The van der Waals surface area contributed by atoms with Gasteiger partial charge in [0.1, 0.15) is 25.0 Å². The molecule has 15 nitrogen and oxygen atoms in total. The first-order valence-electron chi connectivity index (χ1n) is 11.9. The summed E-state index contributed by atoms with van der Waals surface area (Å²) >= 11 is 0. The highest BCUT2D eigenvalue weighted by molar-refractivity contribution is 5.88. The largest absolute Gasteiger partial charge is 0.476 e. The van der Waals surface area contributed by atoms with Crippen LogP contribution in [0.25, 0.3) is 11.2 Å². The number of hydrogen-bond acceptors (Lipinski definition) is 12. The predicted molar refractivity (Wildman–Crippen MR) is 133 cm³/mol. The fourth-order valence-electron chi connectivity index (χ4n) is 4.02. The molecule has 1 aliphatic rings. The Kier molecular flexibility index (Phi) is 8.29. The lowest BCUT2D eigenvalue weighted by atomic mass is 10.1. The van der Waals surface area contributed by atoms with Gasteiger partial charge in [0.2, 0.25) is 17.7 Å². The lowest BCUT2D eigenvalue weighted by molar-refractivity contribution is -0.384. The summed E-state index contributed by atoms with van der Waals surface area (Å²) in [6, 6.07) is 6.10. The molecule has 0 saturated carbocycles. The van der Waals surface area contributed by atoms with Crippen LogP contribution in [0.5, 0.6) is 5.88 Å². The van der Waals surface area contributed by atoms with E-state index in [0.29, 0.717) is 17.6 Å². The van der Waals surface area contributed by atoms with E-state index in [4.69, 9.17) is 18.9 Å². The second-order valence-electron chi connectivity index (χ2n) is 8.69. The summed E-state index contributed by atoms with van der Waals surface area (Å²) in [7, 11) is 0. The third-order valence-electron chi connectivity index (χ3n) is 5.71. The van der Waals surface area contributed by atoms with Crippen molar-refractivity contribution in [3.8, 4) is 5.88 Å². The van der Waals surface area contributed by atoms with Crippen molar-refractivity contribution in [3.05, 3.63) is 46.3 Å². The topological polar surface area (TPSA) is 187 Å². The number of fused-ring (bicyclic) bond motifs is 1. The van der Waals surface area contributed by atoms with Crippen LogP contribution in [-0.4, -0.2) is 67.7 Å².